The summed E-state index contributed by atoms with van der Waals surface area (Å²) in [6, 6.07) is 18.2. The van der Waals surface area contributed by atoms with Crippen LogP contribution in [0.5, 0.6) is 11.5 Å². The maximum atomic E-state index is 6.58. The fourth-order valence-electron chi connectivity index (χ4n) is 3.09. The number of hydrogen-bond donors (Lipinski definition) is 1. The van der Waals surface area contributed by atoms with Crippen molar-refractivity contribution in [1.29, 1.82) is 0 Å². The third-order valence-electron chi connectivity index (χ3n) is 4.73. The van der Waals surface area contributed by atoms with E-state index in [0.29, 0.717) is 5.75 Å². The van der Waals surface area contributed by atoms with E-state index in [4.69, 9.17) is 15.2 Å². The molecule has 2 aromatic carbocycles. The number of methoxy groups -OCH3 is 2. The second-order valence-electron chi connectivity index (χ2n) is 6.30. The molecule has 0 spiro atoms. The van der Waals surface area contributed by atoms with Crippen molar-refractivity contribution in [2.45, 2.75) is 18.9 Å². The van der Waals surface area contributed by atoms with Gasteiger partial charge in [-0.05, 0) is 29.3 Å². The van der Waals surface area contributed by atoms with Gasteiger partial charge >= 0.3 is 0 Å². The molecule has 134 valence electrons. The number of aromatic nitrogens is 1. The normalized spacial score (nSPS) is 13.1. The lowest BCUT2D eigenvalue weighted by Gasteiger charge is -2.22. The SMILES string of the molecule is COc1cncc(-c2cc(C(N)[C@H](C)c3ccccc3)ccc2OC)c1. The summed E-state index contributed by atoms with van der Waals surface area (Å²) in [4.78, 5) is 4.25. The van der Waals surface area contributed by atoms with Gasteiger partial charge in [-0.3, -0.25) is 4.98 Å². The molecule has 0 amide bonds. The van der Waals surface area contributed by atoms with Gasteiger partial charge < -0.3 is 15.2 Å². The van der Waals surface area contributed by atoms with E-state index < -0.39 is 0 Å². The molecule has 1 aromatic heterocycles. The minimum absolute atomic E-state index is 0.124. The minimum Gasteiger partial charge on any atom is -0.496 e. The molecule has 2 N–H and O–H groups in total. The zero-order chi connectivity index (χ0) is 18.5. The van der Waals surface area contributed by atoms with Gasteiger partial charge in [-0.25, -0.2) is 0 Å². The van der Waals surface area contributed by atoms with Crippen molar-refractivity contribution < 1.29 is 9.47 Å². The maximum absolute atomic E-state index is 6.58. The Kier molecular flexibility index (Phi) is 5.54. The molecule has 3 aromatic rings. The van der Waals surface area contributed by atoms with Crippen molar-refractivity contribution in [3.8, 4) is 22.6 Å². The van der Waals surface area contributed by atoms with Crippen molar-refractivity contribution in [2.75, 3.05) is 14.2 Å². The number of pyridine rings is 1. The highest BCUT2D eigenvalue weighted by atomic mass is 16.5. The molecule has 4 nitrogen and oxygen atoms in total. The first-order chi connectivity index (χ1) is 12.6. The second kappa shape index (κ2) is 8.02. The van der Waals surface area contributed by atoms with Gasteiger partial charge in [-0.2, -0.15) is 0 Å². The average molecular weight is 348 g/mol. The van der Waals surface area contributed by atoms with Crippen LogP contribution >= 0.6 is 0 Å². The number of nitrogens with zero attached hydrogens (tertiary/aromatic N) is 1. The molecule has 1 heterocycles. The fourth-order valence-corrected chi connectivity index (χ4v) is 3.09. The Bertz CT molecular complexity index is 865. The van der Waals surface area contributed by atoms with Crippen molar-refractivity contribution in [1.82, 2.24) is 4.98 Å². The highest BCUT2D eigenvalue weighted by Gasteiger charge is 2.19. The van der Waals surface area contributed by atoms with Crippen LogP contribution in [0.3, 0.4) is 0 Å². The summed E-state index contributed by atoms with van der Waals surface area (Å²) in [6.07, 6.45) is 3.49. The number of benzene rings is 2. The van der Waals surface area contributed by atoms with E-state index in [1.165, 1.54) is 5.56 Å². The van der Waals surface area contributed by atoms with Gasteiger partial charge in [0, 0.05) is 29.3 Å². The highest BCUT2D eigenvalue weighted by molar-refractivity contribution is 5.71. The van der Waals surface area contributed by atoms with Crippen LogP contribution in [0.15, 0.2) is 67.0 Å². The van der Waals surface area contributed by atoms with Crippen LogP contribution in [0.1, 0.15) is 30.0 Å². The van der Waals surface area contributed by atoms with Gasteiger partial charge in [0.25, 0.3) is 0 Å². The van der Waals surface area contributed by atoms with Gasteiger partial charge in [0.1, 0.15) is 11.5 Å². The summed E-state index contributed by atoms with van der Waals surface area (Å²) in [5.74, 6) is 1.68. The second-order valence-corrected chi connectivity index (χ2v) is 6.30. The molecule has 0 saturated carbocycles. The summed E-state index contributed by atoms with van der Waals surface area (Å²) < 4.78 is 10.8. The molecule has 4 heteroatoms. The predicted octanol–water partition coefficient (Wildman–Crippen LogP) is 4.57. The summed E-state index contributed by atoms with van der Waals surface area (Å²) in [5.41, 5.74) is 10.7. The van der Waals surface area contributed by atoms with Crippen LogP contribution < -0.4 is 15.2 Å². The van der Waals surface area contributed by atoms with Crippen molar-refractivity contribution in [3.63, 3.8) is 0 Å². The largest absolute Gasteiger partial charge is 0.496 e. The highest BCUT2D eigenvalue weighted by Crippen LogP contribution is 2.36. The lowest BCUT2D eigenvalue weighted by Crippen LogP contribution is -2.17. The molecule has 0 aliphatic heterocycles. The Balaban J connectivity index is 1.99. The Morgan fingerprint density at radius 1 is 0.885 bits per heavy atom. The molecule has 0 aliphatic rings. The van der Waals surface area contributed by atoms with Crippen LogP contribution in [0.2, 0.25) is 0 Å². The van der Waals surface area contributed by atoms with E-state index in [9.17, 15) is 0 Å². The van der Waals surface area contributed by atoms with E-state index >= 15 is 0 Å². The zero-order valence-corrected chi connectivity index (χ0v) is 15.3. The van der Waals surface area contributed by atoms with Crippen molar-refractivity contribution in [3.05, 3.63) is 78.1 Å². The Hall–Kier alpha value is -2.85. The molecule has 0 aliphatic carbocycles. The quantitative estimate of drug-likeness (QED) is 0.709. The van der Waals surface area contributed by atoms with E-state index in [0.717, 1.165) is 22.4 Å². The number of rotatable bonds is 6. The van der Waals surface area contributed by atoms with Crippen LogP contribution in [0.4, 0.5) is 0 Å². The van der Waals surface area contributed by atoms with Gasteiger partial charge in [0.05, 0.1) is 20.4 Å². The third kappa shape index (κ3) is 3.70. The summed E-state index contributed by atoms with van der Waals surface area (Å²) >= 11 is 0. The Morgan fingerprint density at radius 3 is 2.35 bits per heavy atom. The first-order valence-corrected chi connectivity index (χ1v) is 8.62. The topological polar surface area (TPSA) is 57.4 Å². The lowest BCUT2D eigenvalue weighted by molar-refractivity contribution is 0.412. The molecule has 0 bridgehead atoms. The Morgan fingerprint density at radius 2 is 1.65 bits per heavy atom. The van der Waals surface area contributed by atoms with Crippen molar-refractivity contribution >= 4 is 0 Å². The predicted molar refractivity (Wildman–Crippen MR) is 105 cm³/mol. The molecule has 0 saturated heterocycles. The monoisotopic (exact) mass is 348 g/mol. The summed E-state index contributed by atoms with van der Waals surface area (Å²) in [5, 5.41) is 0. The molecule has 3 rings (SSSR count). The number of hydrogen-bond acceptors (Lipinski definition) is 4. The first-order valence-electron chi connectivity index (χ1n) is 8.62. The van der Waals surface area contributed by atoms with Gasteiger partial charge in [0.2, 0.25) is 0 Å². The average Bonchev–Trinajstić information content (AvgIpc) is 2.72. The molecule has 26 heavy (non-hydrogen) atoms. The zero-order valence-electron chi connectivity index (χ0n) is 15.3. The van der Waals surface area contributed by atoms with Gasteiger partial charge in [-0.15, -0.1) is 0 Å². The number of ether oxygens (including phenoxy) is 2. The molecule has 0 fully saturated rings. The summed E-state index contributed by atoms with van der Waals surface area (Å²) in [7, 11) is 3.30. The van der Waals surface area contributed by atoms with Crippen LogP contribution in [0, 0.1) is 0 Å². The molecular weight excluding hydrogens is 324 g/mol. The molecule has 2 atom stereocenters. The van der Waals surface area contributed by atoms with E-state index in [2.05, 4.69) is 30.1 Å². The number of nitrogens with two attached hydrogens (primary N) is 1. The third-order valence-corrected chi connectivity index (χ3v) is 4.73. The minimum atomic E-state index is -0.124. The maximum Gasteiger partial charge on any atom is 0.137 e. The Labute approximate surface area is 154 Å². The van der Waals surface area contributed by atoms with Crippen LogP contribution in [-0.2, 0) is 0 Å². The van der Waals surface area contributed by atoms with Crippen LogP contribution in [0.25, 0.3) is 11.1 Å². The van der Waals surface area contributed by atoms with E-state index in [1.54, 1.807) is 26.6 Å². The fraction of sp³-hybridized carbons (Fsp3) is 0.227. The molecule has 0 radical (unpaired) electrons. The molecule has 1 unspecified atom stereocenters. The van der Waals surface area contributed by atoms with Crippen molar-refractivity contribution in [2.24, 2.45) is 5.73 Å². The van der Waals surface area contributed by atoms with Crippen LogP contribution in [-0.4, -0.2) is 19.2 Å². The lowest BCUT2D eigenvalue weighted by atomic mass is 9.88. The smallest absolute Gasteiger partial charge is 0.137 e. The van der Waals surface area contributed by atoms with Gasteiger partial charge in [-0.1, -0.05) is 43.3 Å². The standard InChI is InChI=1S/C22H24N2O2/c1-15(16-7-5-4-6-8-16)22(23)17-9-10-21(26-3)20(12-17)18-11-19(25-2)14-24-13-18/h4-15,22H,23H2,1-3H3/t15-,22?/m1/s1. The molecular formula is C22H24N2O2. The first kappa shape index (κ1) is 18.0. The summed E-state index contributed by atoms with van der Waals surface area (Å²) in [6.45, 7) is 2.15. The van der Waals surface area contributed by atoms with E-state index in [-0.39, 0.29) is 12.0 Å². The van der Waals surface area contributed by atoms with E-state index in [1.807, 2.05) is 36.4 Å². The van der Waals surface area contributed by atoms with Gasteiger partial charge in [0.15, 0.2) is 0 Å².